The van der Waals surface area contributed by atoms with Crippen LogP contribution < -0.4 is 5.32 Å². The number of unbranched alkanes of at least 4 members (excludes halogenated alkanes) is 2. The molecule has 0 heterocycles. The third kappa shape index (κ3) is 9.77. The van der Waals surface area contributed by atoms with Crippen molar-refractivity contribution in [1.82, 2.24) is 5.32 Å². The van der Waals surface area contributed by atoms with Gasteiger partial charge < -0.3 is 15.2 Å². The average molecular weight is 231 g/mol. The quantitative estimate of drug-likeness (QED) is 0.690. The predicted molar refractivity (Wildman–Crippen MR) is 64.4 cm³/mol. The van der Waals surface area contributed by atoms with E-state index in [1.54, 1.807) is 0 Å². The van der Waals surface area contributed by atoms with Gasteiger partial charge in [-0.3, -0.25) is 0 Å². The van der Waals surface area contributed by atoms with Gasteiger partial charge in [-0.15, -0.1) is 0 Å². The maximum Gasteiger partial charge on any atom is 0.407 e. The average Bonchev–Trinajstić information content (AvgIpc) is 2.12. The number of aliphatic hydroxyl groups excluding tert-OH is 1. The fraction of sp³-hybridized carbons (Fsp3) is 0.917. The van der Waals surface area contributed by atoms with Crippen LogP contribution in [0.5, 0.6) is 0 Å². The Bertz CT molecular complexity index is 199. The molecule has 0 rings (SSSR count). The number of alkyl carbamates (subject to hydrolysis) is 1. The molecular formula is C12H25NO3. The van der Waals surface area contributed by atoms with Gasteiger partial charge in [-0.25, -0.2) is 4.79 Å². The second-order valence-electron chi connectivity index (χ2n) is 5.03. The van der Waals surface area contributed by atoms with Crippen LogP contribution in [0, 0.1) is 0 Å². The molecule has 0 aliphatic heterocycles. The number of hydrogen-bond acceptors (Lipinski definition) is 3. The number of amides is 1. The lowest BCUT2D eigenvalue weighted by Crippen LogP contribution is -2.36. The van der Waals surface area contributed by atoms with Gasteiger partial charge in [0, 0.05) is 6.54 Å². The minimum atomic E-state index is -0.489. The maximum absolute atomic E-state index is 11.2. The van der Waals surface area contributed by atoms with E-state index in [9.17, 15) is 9.90 Å². The summed E-state index contributed by atoms with van der Waals surface area (Å²) in [7, 11) is 0. The molecule has 0 aliphatic carbocycles. The first-order valence-electron chi connectivity index (χ1n) is 6.00. The van der Waals surface area contributed by atoms with E-state index in [1.165, 1.54) is 0 Å². The van der Waals surface area contributed by atoms with Crippen molar-refractivity contribution in [3.63, 3.8) is 0 Å². The van der Waals surface area contributed by atoms with Crippen molar-refractivity contribution < 1.29 is 14.6 Å². The summed E-state index contributed by atoms with van der Waals surface area (Å²) < 4.78 is 5.05. The summed E-state index contributed by atoms with van der Waals surface area (Å²) in [6, 6.07) is 0. The van der Waals surface area contributed by atoms with Gasteiger partial charge in [0.1, 0.15) is 5.60 Å². The molecule has 4 heteroatoms. The van der Waals surface area contributed by atoms with Crippen LogP contribution in [0.4, 0.5) is 4.79 Å². The number of nitrogens with one attached hydrogen (secondary N) is 1. The molecule has 0 aromatic rings. The molecule has 0 aliphatic rings. The highest BCUT2D eigenvalue weighted by Crippen LogP contribution is 2.07. The highest BCUT2D eigenvalue weighted by atomic mass is 16.6. The molecule has 1 amide bonds. The topological polar surface area (TPSA) is 58.6 Å². The summed E-state index contributed by atoms with van der Waals surface area (Å²) in [5.41, 5.74) is -0.489. The lowest BCUT2D eigenvalue weighted by Gasteiger charge is -2.20. The Hall–Kier alpha value is -0.770. The van der Waals surface area contributed by atoms with E-state index in [1.807, 2.05) is 20.8 Å². The van der Waals surface area contributed by atoms with Crippen LogP contribution in [0.2, 0.25) is 0 Å². The van der Waals surface area contributed by atoms with E-state index in [0.29, 0.717) is 0 Å². The Kier molecular flexibility index (Phi) is 7.13. The van der Waals surface area contributed by atoms with Crippen molar-refractivity contribution in [2.24, 2.45) is 0 Å². The van der Waals surface area contributed by atoms with E-state index < -0.39 is 17.8 Å². The number of aliphatic hydroxyl groups is 1. The molecule has 96 valence electrons. The van der Waals surface area contributed by atoms with Crippen LogP contribution in [0.3, 0.4) is 0 Å². The third-order valence-corrected chi connectivity index (χ3v) is 2.02. The highest BCUT2D eigenvalue weighted by Gasteiger charge is 2.16. The van der Waals surface area contributed by atoms with Crippen molar-refractivity contribution in [3.8, 4) is 0 Å². The molecule has 0 radical (unpaired) electrons. The molecular weight excluding hydrogens is 206 g/mol. The Balaban J connectivity index is 3.59. The van der Waals surface area contributed by atoms with Crippen LogP contribution in [0.15, 0.2) is 0 Å². The summed E-state index contributed by atoms with van der Waals surface area (Å²) >= 11 is 0. The molecule has 0 saturated heterocycles. The lowest BCUT2D eigenvalue weighted by atomic mass is 10.1. The number of rotatable bonds is 6. The van der Waals surface area contributed by atoms with E-state index >= 15 is 0 Å². The van der Waals surface area contributed by atoms with Crippen LogP contribution in [0.25, 0.3) is 0 Å². The zero-order valence-electron chi connectivity index (χ0n) is 10.9. The number of carbonyl (C=O) groups is 1. The van der Waals surface area contributed by atoms with Gasteiger partial charge in [0.2, 0.25) is 0 Å². The predicted octanol–water partition coefficient (Wildman–Crippen LogP) is 2.45. The smallest absolute Gasteiger partial charge is 0.407 e. The molecule has 1 atom stereocenters. The largest absolute Gasteiger partial charge is 0.444 e. The van der Waals surface area contributed by atoms with Gasteiger partial charge in [-0.05, 0) is 27.2 Å². The first-order valence-corrected chi connectivity index (χ1v) is 6.00. The molecule has 0 fully saturated rings. The Morgan fingerprint density at radius 1 is 1.38 bits per heavy atom. The van der Waals surface area contributed by atoms with E-state index in [-0.39, 0.29) is 6.54 Å². The second kappa shape index (κ2) is 7.49. The van der Waals surface area contributed by atoms with Crippen molar-refractivity contribution in [3.05, 3.63) is 0 Å². The fourth-order valence-corrected chi connectivity index (χ4v) is 1.25. The minimum Gasteiger partial charge on any atom is -0.444 e. The summed E-state index contributed by atoms with van der Waals surface area (Å²) in [4.78, 5) is 11.2. The van der Waals surface area contributed by atoms with Crippen molar-refractivity contribution in [1.29, 1.82) is 0 Å². The van der Waals surface area contributed by atoms with Gasteiger partial charge in [0.25, 0.3) is 0 Å². The molecule has 2 N–H and O–H groups in total. The van der Waals surface area contributed by atoms with Gasteiger partial charge in [0.15, 0.2) is 0 Å². The summed E-state index contributed by atoms with van der Waals surface area (Å²) in [6.45, 7) is 7.81. The van der Waals surface area contributed by atoms with Gasteiger partial charge in [0.05, 0.1) is 6.10 Å². The Morgan fingerprint density at radius 2 is 2.00 bits per heavy atom. The van der Waals surface area contributed by atoms with E-state index in [4.69, 9.17) is 4.74 Å². The molecule has 0 saturated carbocycles. The number of carbonyl (C=O) groups excluding carboxylic acids is 1. The van der Waals surface area contributed by atoms with Crippen LogP contribution in [-0.2, 0) is 4.74 Å². The standard InChI is InChI=1S/C12H25NO3/c1-5-6-7-8-10(14)9-13-11(15)16-12(2,3)4/h10,14H,5-9H2,1-4H3,(H,13,15). The minimum absolute atomic E-state index is 0.263. The SMILES string of the molecule is CCCCCC(O)CNC(=O)OC(C)(C)C. The van der Waals surface area contributed by atoms with Gasteiger partial charge in [-0.1, -0.05) is 26.2 Å². The molecule has 0 aromatic carbocycles. The van der Waals surface area contributed by atoms with E-state index in [0.717, 1.165) is 25.7 Å². The molecule has 1 unspecified atom stereocenters. The van der Waals surface area contributed by atoms with Crippen LogP contribution in [-0.4, -0.2) is 29.4 Å². The zero-order valence-corrected chi connectivity index (χ0v) is 10.9. The molecule has 0 spiro atoms. The monoisotopic (exact) mass is 231 g/mol. The second-order valence-corrected chi connectivity index (χ2v) is 5.03. The summed E-state index contributed by atoms with van der Waals surface area (Å²) in [5.74, 6) is 0. The van der Waals surface area contributed by atoms with Gasteiger partial charge in [-0.2, -0.15) is 0 Å². The third-order valence-electron chi connectivity index (χ3n) is 2.02. The lowest BCUT2D eigenvalue weighted by molar-refractivity contribution is 0.0487. The molecule has 0 aromatic heterocycles. The normalized spacial score (nSPS) is 13.3. The first-order chi connectivity index (χ1) is 7.35. The van der Waals surface area contributed by atoms with Crippen LogP contribution in [0.1, 0.15) is 53.4 Å². The Morgan fingerprint density at radius 3 is 2.50 bits per heavy atom. The molecule has 0 bridgehead atoms. The summed E-state index contributed by atoms with van der Waals surface area (Å²) in [6.07, 6.45) is 3.02. The first kappa shape index (κ1) is 15.2. The van der Waals surface area contributed by atoms with Crippen molar-refractivity contribution >= 4 is 6.09 Å². The van der Waals surface area contributed by atoms with Gasteiger partial charge >= 0.3 is 6.09 Å². The number of ether oxygens (including phenoxy) is 1. The highest BCUT2D eigenvalue weighted by molar-refractivity contribution is 5.67. The van der Waals surface area contributed by atoms with Crippen molar-refractivity contribution in [2.75, 3.05) is 6.54 Å². The van der Waals surface area contributed by atoms with Crippen molar-refractivity contribution in [2.45, 2.75) is 65.1 Å². The van der Waals surface area contributed by atoms with Crippen LogP contribution >= 0.6 is 0 Å². The fourth-order valence-electron chi connectivity index (χ4n) is 1.25. The zero-order chi connectivity index (χ0) is 12.6. The molecule has 4 nitrogen and oxygen atoms in total. The Labute approximate surface area is 98.4 Å². The molecule has 16 heavy (non-hydrogen) atoms. The maximum atomic E-state index is 11.2. The number of hydrogen-bond donors (Lipinski definition) is 2. The summed E-state index contributed by atoms with van der Waals surface area (Å²) in [5, 5.41) is 12.1. The van der Waals surface area contributed by atoms with E-state index in [2.05, 4.69) is 12.2 Å².